The van der Waals surface area contributed by atoms with E-state index < -0.39 is 0 Å². The van der Waals surface area contributed by atoms with Crippen molar-refractivity contribution in [3.8, 4) is 0 Å². The van der Waals surface area contributed by atoms with Gasteiger partial charge in [-0.25, -0.2) is 14.4 Å². The molecule has 0 N–H and O–H groups in total. The summed E-state index contributed by atoms with van der Waals surface area (Å²) in [5, 5.41) is 4.41. The van der Waals surface area contributed by atoms with Crippen LogP contribution in [0.1, 0.15) is 37.2 Å². The summed E-state index contributed by atoms with van der Waals surface area (Å²) in [6, 6.07) is 6.37. The van der Waals surface area contributed by atoms with E-state index in [-0.39, 0.29) is 25.2 Å². The first kappa shape index (κ1) is 21.0. The Morgan fingerprint density at radius 3 is 2.74 bits per heavy atom. The molecule has 162 valence electrons. The van der Waals surface area contributed by atoms with Crippen LogP contribution in [0.15, 0.2) is 42.9 Å². The molecule has 8 heteroatoms. The summed E-state index contributed by atoms with van der Waals surface area (Å²) in [6.07, 6.45) is 9.00. The average Bonchev–Trinajstić information content (AvgIpc) is 3.42. The SMILES string of the molecule is C.CN1C(=O)[C@@H]2CCCN2c2nc(CCc3cnn(Cc4ccc(F)cc4)c3)ncc21. The average molecular weight is 423 g/mol. The number of likely N-dealkylation sites (N-methyl/N-ethyl adjacent to an activating group) is 1. The van der Waals surface area contributed by atoms with E-state index in [1.165, 1.54) is 12.1 Å². The van der Waals surface area contributed by atoms with Gasteiger partial charge in [-0.15, -0.1) is 0 Å². The zero-order valence-electron chi connectivity index (χ0n) is 16.8. The Morgan fingerprint density at radius 2 is 1.94 bits per heavy atom. The lowest BCUT2D eigenvalue weighted by atomic mass is 10.1. The van der Waals surface area contributed by atoms with Crippen LogP contribution in [0.25, 0.3) is 0 Å². The number of nitrogens with zero attached hydrogens (tertiary/aromatic N) is 6. The summed E-state index contributed by atoms with van der Waals surface area (Å²) in [6.45, 7) is 1.47. The number of rotatable bonds is 5. The van der Waals surface area contributed by atoms with Crippen molar-refractivity contribution in [1.82, 2.24) is 19.7 Å². The van der Waals surface area contributed by atoms with Crippen LogP contribution in [0.2, 0.25) is 0 Å². The second-order valence-corrected chi connectivity index (χ2v) is 7.92. The smallest absolute Gasteiger partial charge is 0.249 e. The molecule has 0 unspecified atom stereocenters. The summed E-state index contributed by atoms with van der Waals surface area (Å²) >= 11 is 0. The summed E-state index contributed by atoms with van der Waals surface area (Å²) in [5.74, 6) is 1.54. The molecule has 2 aromatic heterocycles. The van der Waals surface area contributed by atoms with Crippen LogP contribution >= 0.6 is 0 Å². The Morgan fingerprint density at radius 1 is 1.13 bits per heavy atom. The van der Waals surface area contributed by atoms with Crippen LogP contribution in [0.3, 0.4) is 0 Å². The van der Waals surface area contributed by atoms with E-state index >= 15 is 0 Å². The molecular weight excluding hydrogens is 395 g/mol. The van der Waals surface area contributed by atoms with Crippen LogP contribution in [-0.2, 0) is 24.2 Å². The highest BCUT2D eigenvalue weighted by Crippen LogP contribution is 2.37. The maximum Gasteiger partial charge on any atom is 0.249 e. The second-order valence-electron chi connectivity index (χ2n) is 7.92. The summed E-state index contributed by atoms with van der Waals surface area (Å²) in [5.41, 5.74) is 2.89. The highest BCUT2D eigenvalue weighted by atomic mass is 19.1. The Kier molecular flexibility index (Phi) is 5.71. The molecule has 2 aliphatic heterocycles. The lowest BCUT2D eigenvalue weighted by molar-refractivity contribution is -0.119. The monoisotopic (exact) mass is 422 g/mol. The molecule has 2 aliphatic rings. The van der Waals surface area contributed by atoms with E-state index in [0.717, 1.165) is 54.3 Å². The van der Waals surface area contributed by atoms with Gasteiger partial charge in [-0.2, -0.15) is 5.10 Å². The van der Waals surface area contributed by atoms with E-state index in [1.807, 2.05) is 17.1 Å². The number of aromatic nitrogens is 4. The van der Waals surface area contributed by atoms with Crippen LogP contribution in [0, 0.1) is 5.82 Å². The van der Waals surface area contributed by atoms with Gasteiger partial charge < -0.3 is 9.80 Å². The van der Waals surface area contributed by atoms with E-state index in [9.17, 15) is 9.18 Å². The molecule has 1 saturated heterocycles. The third-order valence-corrected chi connectivity index (χ3v) is 5.88. The molecule has 1 amide bonds. The Hall–Kier alpha value is -3.29. The van der Waals surface area contributed by atoms with Gasteiger partial charge in [0.2, 0.25) is 5.91 Å². The van der Waals surface area contributed by atoms with E-state index in [4.69, 9.17) is 4.98 Å². The zero-order chi connectivity index (χ0) is 20.7. The van der Waals surface area contributed by atoms with Gasteiger partial charge in [0, 0.05) is 26.2 Å². The lowest BCUT2D eigenvalue weighted by Crippen LogP contribution is -2.49. The largest absolute Gasteiger partial charge is 0.343 e. The number of aryl methyl sites for hydroxylation is 2. The van der Waals surface area contributed by atoms with Gasteiger partial charge >= 0.3 is 0 Å². The van der Waals surface area contributed by atoms with Gasteiger partial charge in [0.1, 0.15) is 23.4 Å². The summed E-state index contributed by atoms with van der Waals surface area (Å²) < 4.78 is 14.9. The number of halogens is 1. The van der Waals surface area contributed by atoms with Crippen LogP contribution in [0.5, 0.6) is 0 Å². The molecule has 31 heavy (non-hydrogen) atoms. The first-order chi connectivity index (χ1) is 14.6. The summed E-state index contributed by atoms with van der Waals surface area (Å²) in [7, 11) is 1.80. The quantitative estimate of drug-likeness (QED) is 0.632. The Labute approximate surface area is 181 Å². The molecule has 0 saturated carbocycles. The number of hydrogen-bond donors (Lipinski definition) is 0. The fourth-order valence-corrected chi connectivity index (χ4v) is 4.24. The Bertz CT molecular complexity index is 1080. The molecule has 1 fully saturated rings. The maximum atomic E-state index is 13.1. The molecule has 0 aliphatic carbocycles. The van der Waals surface area contributed by atoms with Gasteiger partial charge in [0.05, 0.1) is 18.9 Å². The summed E-state index contributed by atoms with van der Waals surface area (Å²) in [4.78, 5) is 25.6. The second kappa shape index (κ2) is 8.45. The first-order valence-corrected chi connectivity index (χ1v) is 10.2. The fourth-order valence-electron chi connectivity index (χ4n) is 4.24. The van der Waals surface area contributed by atoms with Crippen LogP contribution < -0.4 is 9.80 Å². The van der Waals surface area contributed by atoms with Crippen molar-refractivity contribution >= 4 is 17.4 Å². The van der Waals surface area contributed by atoms with Crippen molar-refractivity contribution in [2.75, 3.05) is 23.4 Å². The van der Waals surface area contributed by atoms with Crippen LogP contribution in [-0.4, -0.2) is 45.3 Å². The van der Waals surface area contributed by atoms with Gasteiger partial charge in [0.25, 0.3) is 0 Å². The van der Waals surface area contributed by atoms with Crippen molar-refractivity contribution in [3.05, 3.63) is 65.6 Å². The number of anilines is 2. The number of hydrogen-bond acceptors (Lipinski definition) is 5. The molecule has 1 aromatic carbocycles. The highest BCUT2D eigenvalue weighted by molar-refractivity contribution is 6.04. The molecule has 7 nitrogen and oxygen atoms in total. The fraction of sp³-hybridized carbons (Fsp3) is 0.391. The maximum absolute atomic E-state index is 13.1. The van der Waals surface area contributed by atoms with Crippen molar-refractivity contribution in [3.63, 3.8) is 0 Å². The highest BCUT2D eigenvalue weighted by Gasteiger charge is 2.40. The van der Waals surface area contributed by atoms with Crippen LogP contribution in [0.4, 0.5) is 15.9 Å². The molecule has 0 radical (unpaired) electrons. The van der Waals surface area contributed by atoms with Crippen molar-refractivity contribution in [1.29, 1.82) is 0 Å². The number of amides is 1. The lowest BCUT2D eigenvalue weighted by Gasteiger charge is -2.36. The number of carbonyl (C=O) groups is 1. The molecular formula is C23H27FN6O. The van der Waals surface area contributed by atoms with E-state index in [0.29, 0.717) is 13.0 Å². The number of carbonyl (C=O) groups excluding carboxylic acids is 1. The molecule has 4 heterocycles. The van der Waals surface area contributed by atoms with Gasteiger partial charge in [0.15, 0.2) is 5.82 Å². The number of benzene rings is 1. The predicted octanol–water partition coefficient (Wildman–Crippen LogP) is 3.23. The molecule has 3 aromatic rings. The topological polar surface area (TPSA) is 67.2 Å². The minimum Gasteiger partial charge on any atom is -0.343 e. The van der Waals surface area contributed by atoms with Gasteiger partial charge in [-0.1, -0.05) is 19.6 Å². The molecule has 5 rings (SSSR count). The normalized spacial score (nSPS) is 17.4. The van der Waals surface area contributed by atoms with Crippen molar-refractivity contribution < 1.29 is 9.18 Å². The minimum absolute atomic E-state index is 0. The van der Waals surface area contributed by atoms with Gasteiger partial charge in [-0.3, -0.25) is 9.48 Å². The van der Waals surface area contributed by atoms with Crippen molar-refractivity contribution in [2.45, 2.75) is 45.7 Å². The molecule has 1 atom stereocenters. The predicted molar refractivity (Wildman–Crippen MR) is 118 cm³/mol. The van der Waals surface area contributed by atoms with E-state index in [2.05, 4.69) is 15.0 Å². The molecule has 0 bridgehead atoms. The molecule has 0 spiro atoms. The standard InChI is InChI=1S/C22H23FN6O.CH4/c1-27-19-12-24-20(26-21(19)29-10-2-3-18(29)22(27)30)9-6-16-11-25-28(14-16)13-15-4-7-17(23)8-5-15;/h4-5,7-8,11-12,14,18H,2-3,6,9-10,13H2,1H3;1H4/t18-;/m0./s1. The third kappa shape index (κ3) is 4.02. The van der Waals surface area contributed by atoms with Gasteiger partial charge in [-0.05, 0) is 42.5 Å². The van der Waals surface area contributed by atoms with E-state index in [1.54, 1.807) is 30.3 Å². The third-order valence-electron chi connectivity index (χ3n) is 5.88. The minimum atomic E-state index is -0.235. The number of fused-ring (bicyclic) bond motifs is 3. The Balaban J connectivity index is 0.00000231. The first-order valence-electron chi connectivity index (χ1n) is 10.2. The zero-order valence-corrected chi connectivity index (χ0v) is 16.8. The van der Waals surface area contributed by atoms with Crippen molar-refractivity contribution in [2.24, 2.45) is 0 Å².